The molecule has 2 heterocycles. The van der Waals surface area contributed by atoms with Gasteiger partial charge in [-0.15, -0.1) is 0 Å². The Kier molecular flexibility index (Phi) is 5.12. The third kappa shape index (κ3) is 3.87. The molecule has 0 N–H and O–H groups in total. The van der Waals surface area contributed by atoms with Crippen LogP contribution in [0.4, 0.5) is 0 Å². The van der Waals surface area contributed by atoms with Crippen LogP contribution in [0.5, 0.6) is 0 Å². The number of nitrogens with zero attached hydrogens (tertiary/aromatic N) is 3. The Hall–Kier alpha value is -2.69. The SMILES string of the molecule is Cc1ccc(C(=O)N2CCCN(C(=O)c3ccccn3)CC2)cc1C. The van der Waals surface area contributed by atoms with Crippen molar-refractivity contribution in [3.05, 3.63) is 65.0 Å². The van der Waals surface area contributed by atoms with Crippen LogP contribution in [0.1, 0.15) is 38.4 Å². The molecule has 0 unspecified atom stereocenters. The molecule has 130 valence electrons. The van der Waals surface area contributed by atoms with Crippen molar-refractivity contribution in [3.8, 4) is 0 Å². The van der Waals surface area contributed by atoms with Gasteiger partial charge in [-0.3, -0.25) is 14.6 Å². The average molecular weight is 337 g/mol. The van der Waals surface area contributed by atoms with Gasteiger partial charge in [0.1, 0.15) is 5.69 Å². The lowest BCUT2D eigenvalue weighted by molar-refractivity contribution is 0.0715. The summed E-state index contributed by atoms with van der Waals surface area (Å²) in [5.74, 6) is -0.0312. The maximum absolute atomic E-state index is 12.8. The lowest BCUT2D eigenvalue weighted by Crippen LogP contribution is -2.37. The Morgan fingerprint density at radius 2 is 1.60 bits per heavy atom. The highest BCUT2D eigenvalue weighted by atomic mass is 16.2. The summed E-state index contributed by atoms with van der Waals surface area (Å²) in [6.45, 7) is 6.44. The van der Waals surface area contributed by atoms with Gasteiger partial charge in [0.05, 0.1) is 0 Å². The second-order valence-corrected chi connectivity index (χ2v) is 6.45. The molecule has 1 aliphatic rings. The summed E-state index contributed by atoms with van der Waals surface area (Å²) in [6.07, 6.45) is 2.40. The number of carbonyl (C=O) groups excluding carboxylic acids is 2. The van der Waals surface area contributed by atoms with E-state index in [1.54, 1.807) is 23.2 Å². The quantitative estimate of drug-likeness (QED) is 0.847. The third-order valence-corrected chi connectivity index (χ3v) is 4.71. The van der Waals surface area contributed by atoms with Crippen LogP contribution >= 0.6 is 0 Å². The fourth-order valence-corrected chi connectivity index (χ4v) is 3.03. The van der Waals surface area contributed by atoms with Crippen LogP contribution in [0.25, 0.3) is 0 Å². The van der Waals surface area contributed by atoms with E-state index in [2.05, 4.69) is 4.98 Å². The fraction of sp³-hybridized carbons (Fsp3) is 0.350. The maximum Gasteiger partial charge on any atom is 0.272 e. The Morgan fingerprint density at radius 1 is 0.880 bits per heavy atom. The molecule has 0 radical (unpaired) electrons. The van der Waals surface area contributed by atoms with Crippen molar-refractivity contribution >= 4 is 11.8 Å². The van der Waals surface area contributed by atoms with Gasteiger partial charge >= 0.3 is 0 Å². The lowest BCUT2D eigenvalue weighted by atomic mass is 10.1. The molecular formula is C20H23N3O2. The zero-order chi connectivity index (χ0) is 17.8. The molecule has 1 aromatic heterocycles. The van der Waals surface area contributed by atoms with Crippen LogP contribution in [0.3, 0.4) is 0 Å². The zero-order valence-corrected chi connectivity index (χ0v) is 14.7. The monoisotopic (exact) mass is 337 g/mol. The van der Waals surface area contributed by atoms with Gasteiger partial charge in [0.2, 0.25) is 0 Å². The van der Waals surface area contributed by atoms with Crippen LogP contribution < -0.4 is 0 Å². The number of amides is 2. The molecule has 5 heteroatoms. The smallest absolute Gasteiger partial charge is 0.272 e. The largest absolute Gasteiger partial charge is 0.337 e. The van der Waals surface area contributed by atoms with Crippen molar-refractivity contribution in [1.82, 2.24) is 14.8 Å². The number of hydrogen-bond acceptors (Lipinski definition) is 3. The second-order valence-electron chi connectivity index (χ2n) is 6.45. The summed E-state index contributed by atoms with van der Waals surface area (Å²) < 4.78 is 0. The lowest BCUT2D eigenvalue weighted by Gasteiger charge is -2.22. The van der Waals surface area contributed by atoms with Gasteiger partial charge < -0.3 is 9.80 Å². The summed E-state index contributed by atoms with van der Waals surface area (Å²) in [7, 11) is 0. The van der Waals surface area contributed by atoms with Gasteiger partial charge in [-0.2, -0.15) is 0 Å². The molecule has 2 amide bonds. The van der Waals surface area contributed by atoms with Gasteiger partial charge in [0, 0.05) is 37.9 Å². The summed E-state index contributed by atoms with van der Waals surface area (Å²) in [4.78, 5) is 33.1. The highest BCUT2D eigenvalue weighted by molar-refractivity contribution is 5.95. The van der Waals surface area contributed by atoms with E-state index in [9.17, 15) is 9.59 Å². The molecule has 5 nitrogen and oxygen atoms in total. The summed E-state index contributed by atoms with van der Waals surface area (Å²) in [5, 5.41) is 0. The molecule has 2 aromatic rings. The van der Waals surface area contributed by atoms with Crippen LogP contribution in [0.15, 0.2) is 42.6 Å². The van der Waals surface area contributed by atoms with Crippen LogP contribution in [-0.4, -0.2) is 52.8 Å². The molecule has 0 spiro atoms. The van der Waals surface area contributed by atoms with Crippen LogP contribution in [0, 0.1) is 13.8 Å². The average Bonchev–Trinajstić information content (AvgIpc) is 2.89. The first-order chi connectivity index (χ1) is 12.1. The van der Waals surface area contributed by atoms with Crippen molar-refractivity contribution in [2.45, 2.75) is 20.3 Å². The Balaban J connectivity index is 1.68. The van der Waals surface area contributed by atoms with Gasteiger partial charge in [0.25, 0.3) is 11.8 Å². The van der Waals surface area contributed by atoms with Crippen LogP contribution in [0.2, 0.25) is 0 Å². The number of hydrogen-bond donors (Lipinski definition) is 0. The number of carbonyl (C=O) groups is 2. The van der Waals surface area contributed by atoms with E-state index in [0.29, 0.717) is 37.4 Å². The van der Waals surface area contributed by atoms with E-state index in [0.717, 1.165) is 12.0 Å². The molecule has 1 fully saturated rings. The summed E-state index contributed by atoms with van der Waals surface area (Å²) >= 11 is 0. The van der Waals surface area contributed by atoms with Gasteiger partial charge in [-0.25, -0.2) is 0 Å². The first-order valence-corrected chi connectivity index (χ1v) is 8.63. The highest BCUT2D eigenvalue weighted by Crippen LogP contribution is 2.14. The molecule has 1 aliphatic heterocycles. The molecule has 0 aliphatic carbocycles. The second kappa shape index (κ2) is 7.47. The molecular weight excluding hydrogens is 314 g/mol. The van der Waals surface area contributed by atoms with Crippen molar-refractivity contribution in [1.29, 1.82) is 0 Å². The number of pyridine rings is 1. The fourth-order valence-electron chi connectivity index (χ4n) is 3.03. The highest BCUT2D eigenvalue weighted by Gasteiger charge is 2.24. The molecule has 25 heavy (non-hydrogen) atoms. The third-order valence-electron chi connectivity index (χ3n) is 4.71. The Morgan fingerprint density at radius 3 is 2.24 bits per heavy atom. The first-order valence-electron chi connectivity index (χ1n) is 8.63. The molecule has 1 aromatic carbocycles. The number of benzene rings is 1. The number of rotatable bonds is 2. The van der Waals surface area contributed by atoms with E-state index in [-0.39, 0.29) is 11.8 Å². The topological polar surface area (TPSA) is 53.5 Å². The van der Waals surface area contributed by atoms with E-state index in [4.69, 9.17) is 0 Å². The van der Waals surface area contributed by atoms with Crippen molar-refractivity contribution in [2.75, 3.05) is 26.2 Å². The first kappa shape index (κ1) is 17.1. The predicted molar refractivity (Wildman–Crippen MR) is 96.6 cm³/mol. The van der Waals surface area contributed by atoms with Crippen molar-refractivity contribution in [2.24, 2.45) is 0 Å². The zero-order valence-electron chi connectivity index (χ0n) is 14.7. The molecule has 1 saturated heterocycles. The predicted octanol–water partition coefficient (Wildman–Crippen LogP) is 2.69. The van der Waals surface area contributed by atoms with E-state index < -0.39 is 0 Å². The standard InChI is InChI=1S/C20H23N3O2/c1-15-7-8-17(14-16(15)2)19(24)22-10-5-11-23(13-12-22)20(25)18-6-3-4-9-21-18/h3-4,6-9,14H,5,10-13H2,1-2H3. The van der Waals surface area contributed by atoms with Crippen LogP contribution in [-0.2, 0) is 0 Å². The van der Waals surface area contributed by atoms with Gasteiger partial charge in [-0.1, -0.05) is 12.1 Å². The van der Waals surface area contributed by atoms with Gasteiger partial charge in [0.15, 0.2) is 0 Å². The molecule has 3 rings (SSSR count). The molecule has 0 bridgehead atoms. The Labute approximate surface area is 148 Å². The minimum Gasteiger partial charge on any atom is -0.337 e. The van der Waals surface area contributed by atoms with E-state index in [1.165, 1.54) is 5.56 Å². The van der Waals surface area contributed by atoms with E-state index >= 15 is 0 Å². The minimum atomic E-state index is -0.0684. The van der Waals surface area contributed by atoms with Crippen molar-refractivity contribution < 1.29 is 9.59 Å². The maximum atomic E-state index is 12.8. The normalized spacial score (nSPS) is 15.0. The number of aromatic nitrogens is 1. The Bertz CT molecular complexity index is 774. The number of aryl methyl sites for hydroxylation is 2. The summed E-state index contributed by atoms with van der Waals surface area (Å²) in [6, 6.07) is 11.1. The van der Waals surface area contributed by atoms with E-state index in [1.807, 2.05) is 43.0 Å². The molecule has 0 atom stereocenters. The molecule has 0 saturated carbocycles. The minimum absolute atomic E-state index is 0.0373. The van der Waals surface area contributed by atoms with Crippen molar-refractivity contribution in [3.63, 3.8) is 0 Å². The summed E-state index contributed by atoms with van der Waals surface area (Å²) in [5.41, 5.74) is 3.47. The van der Waals surface area contributed by atoms with Gasteiger partial charge in [-0.05, 0) is 55.7 Å².